The normalized spacial score (nSPS) is 15.8. The minimum absolute atomic E-state index is 0.195. The first-order valence-corrected chi connectivity index (χ1v) is 9.59. The second kappa shape index (κ2) is 8.80. The van der Waals surface area contributed by atoms with Crippen molar-refractivity contribution in [3.63, 3.8) is 0 Å². The van der Waals surface area contributed by atoms with E-state index in [0.717, 1.165) is 36.9 Å². The fraction of sp³-hybridized carbons (Fsp3) is 0.409. The molecule has 2 aromatic rings. The summed E-state index contributed by atoms with van der Waals surface area (Å²) in [6, 6.07) is 13.5. The lowest BCUT2D eigenvalue weighted by Crippen LogP contribution is -2.42. The largest absolute Gasteiger partial charge is 0.449 e. The topological polar surface area (TPSA) is 68.3 Å². The van der Waals surface area contributed by atoms with Crippen LogP contribution in [0.15, 0.2) is 42.5 Å². The number of hydrogen-bond acceptors (Lipinski definition) is 4. The van der Waals surface area contributed by atoms with Crippen LogP contribution in [0.25, 0.3) is 11.3 Å². The predicted molar refractivity (Wildman–Crippen MR) is 104 cm³/mol. The molecule has 1 aliphatic rings. The molecule has 1 atom stereocenters. The summed E-state index contributed by atoms with van der Waals surface area (Å²) in [5.74, 6) is -0.757. The number of carbonyl (C=O) groups is 2. The van der Waals surface area contributed by atoms with Crippen LogP contribution in [0.4, 0.5) is 0 Å². The molecule has 0 spiro atoms. The van der Waals surface area contributed by atoms with Crippen LogP contribution in [-0.4, -0.2) is 29.0 Å². The second-order valence-electron chi connectivity index (χ2n) is 7.09. The maximum absolute atomic E-state index is 12.5. The van der Waals surface area contributed by atoms with Crippen molar-refractivity contribution >= 4 is 11.9 Å². The molecule has 0 aliphatic heterocycles. The molecule has 5 nitrogen and oxygen atoms in total. The van der Waals surface area contributed by atoms with Gasteiger partial charge in [-0.1, -0.05) is 49.6 Å². The summed E-state index contributed by atoms with van der Waals surface area (Å²) in [4.78, 5) is 29.3. The van der Waals surface area contributed by atoms with E-state index in [-0.39, 0.29) is 11.9 Å². The number of amides is 1. The zero-order valence-corrected chi connectivity index (χ0v) is 15.9. The Morgan fingerprint density at radius 1 is 1.07 bits per heavy atom. The van der Waals surface area contributed by atoms with Crippen molar-refractivity contribution in [3.05, 3.63) is 53.7 Å². The summed E-state index contributed by atoms with van der Waals surface area (Å²) < 4.78 is 5.38. The van der Waals surface area contributed by atoms with Crippen LogP contribution in [0.5, 0.6) is 0 Å². The quantitative estimate of drug-likeness (QED) is 0.811. The van der Waals surface area contributed by atoms with E-state index in [1.165, 1.54) is 6.42 Å². The molecule has 1 aromatic heterocycles. The minimum Gasteiger partial charge on any atom is -0.449 e. The molecule has 1 amide bonds. The number of carbonyl (C=O) groups excluding carboxylic acids is 2. The van der Waals surface area contributed by atoms with Crippen LogP contribution in [0.3, 0.4) is 0 Å². The summed E-state index contributed by atoms with van der Waals surface area (Å²) in [5.41, 5.74) is 2.75. The first-order chi connectivity index (χ1) is 13.0. The average molecular weight is 366 g/mol. The Bertz CT molecular complexity index is 798. The van der Waals surface area contributed by atoms with Crippen LogP contribution >= 0.6 is 0 Å². The van der Waals surface area contributed by atoms with Crippen molar-refractivity contribution in [2.24, 2.45) is 0 Å². The standard InChI is InChI=1S/C22H26N2O3/c1-15-19(13-14-20(23-15)17-9-5-3-6-10-17)22(26)27-16(2)21(25)24-18-11-7-4-8-12-18/h3,5-6,9-10,13-14,16,18H,4,7-8,11-12H2,1-2H3,(H,24,25). The van der Waals surface area contributed by atoms with Gasteiger partial charge < -0.3 is 10.1 Å². The minimum atomic E-state index is -0.826. The smallest absolute Gasteiger partial charge is 0.340 e. The highest BCUT2D eigenvalue weighted by Crippen LogP contribution is 2.20. The lowest BCUT2D eigenvalue weighted by atomic mass is 9.95. The number of pyridine rings is 1. The van der Waals surface area contributed by atoms with E-state index < -0.39 is 12.1 Å². The summed E-state index contributed by atoms with van der Waals surface area (Å²) in [7, 11) is 0. The van der Waals surface area contributed by atoms with Crippen LogP contribution in [0, 0.1) is 6.92 Å². The van der Waals surface area contributed by atoms with Gasteiger partial charge in [0.15, 0.2) is 6.10 Å². The number of hydrogen-bond donors (Lipinski definition) is 1. The van der Waals surface area contributed by atoms with Crippen molar-refractivity contribution in [2.45, 2.75) is 58.1 Å². The Morgan fingerprint density at radius 2 is 1.78 bits per heavy atom. The van der Waals surface area contributed by atoms with E-state index in [2.05, 4.69) is 10.3 Å². The average Bonchev–Trinajstić information content (AvgIpc) is 2.69. The Morgan fingerprint density at radius 3 is 2.44 bits per heavy atom. The molecule has 0 radical (unpaired) electrons. The first-order valence-electron chi connectivity index (χ1n) is 9.59. The van der Waals surface area contributed by atoms with Crippen molar-refractivity contribution in [2.75, 3.05) is 0 Å². The summed E-state index contributed by atoms with van der Waals surface area (Å²) >= 11 is 0. The molecule has 1 unspecified atom stereocenters. The summed E-state index contributed by atoms with van der Waals surface area (Å²) in [6.45, 7) is 3.38. The van der Waals surface area contributed by atoms with Crippen LogP contribution in [0.2, 0.25) is 0 Å². The molecular formula is C22H26N2O3. The summed E-state index contributed by atoms with van der Waals surface area (Å²) in [5, 5.41) is 2.99. The predicted octanol–water partition coefficient (Wildman–Crippen LogP) is 4.05. The highest BCUT2D eigenvalue weighted by atomic mass is 16.5. The highest BCUT2D eigenvalue weighted by molar-refractivity contribution is 5.93. The Kier molecular flexibility index (Phi) is 6.22. The fourth-order valence-corrected chi connectivity index (χ4v) is 3.39. The zero-order chi connectivity index (χ0) is 19.2. The van der Waals surface area contributed by atoms with Gasteiger partial charge in [0.1, 0.15) is 0 Å². The monoisotopic (exact) mass is 366 g/mol. The molecule has 1 N–H and O–H groups in total. The SMILES string of the molecule is Cc1nc(-c2ccccc2)ccc1C(=O)OC(C)C(=O)NC1CCCCC1. The Hall–Kier alpha value is -2.69. The van der Waals surface area contributed by atoms with Crippen LogP contribution < -0.4 is 5.32 Å². The molecule has 1 heterocycles. The number of aryl methyl sites for hydroxylation is 1. The molecule has 142 valence electrons. The number of ether oxygens (including phenoxy) is 1. The van der Waals surface area contributed by atoms with E-state index in [1.54, 1.807) is 26.0 Å². The number of aromatic nitrogens is 1. The molecule has 1 saturated carbocycles. The van der Waals surface area contributed by atoms with Gasteiger partial charge in [0.25, 0.3) is 5.91 Å². The molecule has 1 aliphatic carbocycles. The maximum atomic E-state index is 12.5. The highest BCUT2D eigenvalue weighted by Gasteiger charge is 2.23. The van der Waals surface area contributed by atoms with Gasteiger partial charge in [-0.25, -0.2) is 4.79 Å². The molecular weight excluding hydrogens is 340 g/mol. The third kappa shape index (κ3) is 4.94. The van der Waals surface area contributed by atoms with Gasteiger partial charge in [0.05, 0.1) is 17.0 Å². The van der Waals surface area contributed by atoms with Crippen LogP contribution in [0.1, 0.15) is 55.1 Å². The van der Waals surface area contributed by atoms with Gasteiger partial charge in [-0.15, -0.1) is 0 Å². The lowest BCUT2D eigenvalue weighted by Gasteiger charge is -2.24. The Balaban J connectivity index is 1.62. The third-order valence-corrected chi connectivity index (χ3v) is 4.98. The Labute approximate surface area is 160 Å². The number of benzene rings is 1. The van der Waals surface area contributed by atoms with Crippen molar-refractivity contribution < 1.29 is 14.3 Å². The van der Waals surface area contributed by atoms with Gasteiger partial charge in [-0.05, 0) is 38.8 Å². The summed E-state index contributed by atoms with van der Waals surface area (Å²) in [6.07, 6.45) is 4.66. The molecule has 1 fully saturated rings. The van der Waals surface area contributed by atoms with Gasteiger partial charge in [-0.3, -0.25) is 9.78 Å². The van der Waals surface area contributed by atoms with Crippen molar-refractivity contribution in [1.29, 1.82) is 0 Å². The number of nitrogens with zero attached hydrogens (tertiary/aromatic N) is 1. The number of nitrogens with one attached hydrogen (secondary N) is 1. The molecule has 5 heteroatoms. The van der Waals surface area contributed by atoms with Crippen molar-refractivity contribution in [1.82, 2.24) is 10.3 Å². The van der Waals surface area contributed by atoms with E-state index in [4.69, 9.17) is 4.74 Å². The molecule has 0 saturated heterocycles. The van der Waals surface area contributed by atoms with Gasteiger partial charge in [-0.2, -0.15) is 0 Å². The van der Waals surface area contributed by atoms with Gasteiger partial charge in [0, 0.05) is 11.6 Å². The molecule has 1 aromatic carbocycles. The number of esters is 1. The first kappa shape index (κ1) is 19.1. The van der Waals surface area contributed by atoms with Gasteiger partial charge in [0.2, 0.25) is 0 Å². The van der Waals surface area contributed by atoms with E-state index >= 15 is 0 Å². The van der Waals surface area contributed by atoms with Crippen molar-refractivity contribution in [3.8, 4) is 11.3 Å². The third-order valence-electron chi connectivity index (χ3n) is 4.98. The fourth-order valence-electron chi connectivity index (χ4n) is 3.39. The molecule has 0 bridgehead atoms. The van der Waals surface area contributed by atoms with Crippen LogP contribution in [-0.2, 0) is 9.53 Å². The molecule has 27 heavy (non-hydrogen) atoms. The van der Waals surface area contributed by atoms with E-state index in [9.17, 15) is 9.59 Å². The second-order valence-corrected chi connectivity index (χ2v) is 7.09. The van der Waals surface area contributed by atoms with Gasteiger partial charge >= 0.3 is 5.97 Å². The maximum Gasteiger partial charge on any atom is 0.340 e. The number of rotatable bonds is 5. The zero-order valence-electron chi connectivity index (χ0n) is 15.9. The lowest BCUT2D eigenvalue weighted by molar-refractivity contribution is -0.130. The molecule has 3 rings (SSSR count). The van der Waals surface area contributed by atoms with E-state index in [1.807, 2.05) is 30.3 Å². The van der Waals surface area contributed by atoms with E-state index in [0.29, 0.717) is 11.3 Å².